The second kappa shape index (κ2) is 9.76. The SMILES string of the molecule is COc1cccc(C2CCCN2CC(=O)N(C)CC(=O)Nc2ccccc2Cl)c1. The van der Waals surface area contributed by atoms with Crippen molar-refractivity contribution in [2.45, 2.75) is 18.9 Å². The van der Waals surface area contributed by atoms with Crippen LogP contribution in [0.2, 0.25) is 5.02 Å². The molecule has 1 atom stereocenters. The van der Waals surface area contributed by atoms with Crippen LogP contribution in [0.1, 0.15) is 24.4 Å². The Hall–Kier alpha value is -2.57. The molecule has 2 amide bonds. The Morgan fingerprint density at radius 3 is 2.79 bits per heavy atom. The van der Waals surface area contributed by atoms with E-state index in [0.29, 0.717) is 10.7 Å². The van der Waals surface area contributed by atoms with Gasteiger partial charge in [-0.05, 0) is 49.2 Å². The molecule has 6 nitrogen and oxygen atoms in total. The van der Waals surface area contributed by atoms with E-state index in [-0.39, 0.29) is 30.9 Å². The fourth-order valence-electron chi connectivity index (χ4n) is 3.59. The summed E-state index contributed by atoms with van der Waals surface area (Å²) in [6.07, 6.45) is 2.03. The van der Waals surface area contributed by atoms with Crippen LogP contribution >= 0.6 is 11.6 Å². The number of ether oxygens (including phenoxy) is 1. The molecule has 1 saturated heterocycles. The number of nitrogens with zero attached hydrogens (tertiary/aromatic N) is 2. The highest BCUT2D eigenvalue weighted by Gasteiger charge is 2.29. The van der Waals surface area contributed by atoms with E-state index in [2.05, 4.69) is 16.3 Å². The third kappa shape index (κ3) is 5.49. The number of anilines is 1. The highest BCUT2D eigenvalue weighted by atomic mass is 35.5. The van der Waals surface area contributed by atoms with Gasteiger partial charge in [-0.25, -0.2) is 0 Å². The molecule has 0 saturated carbocycles. The van der Waals surface area contributed by atoms with Crippen molar-refractivity contribution in [3.05, 3.63) is 59.1 Å². The lowest BCUT2D eigenvalue weighted by molar-refractivity contribution is -0.134. The predicted octanol–water partition coefficient (Wildman–Crippen LogP) is 3.58. The molecule has 7 heteroatoms. The van der Waals surface area contributed by atoms with Gasteiger partial charge in [0.25, 0.3) is 0 Å². The summed E-state index contributed by atoms with van der Waals surface area (Å²) in [5, 5.41) is 3.21. The van der Waals surface area contributed by atoms with Crippen LogP contribution in [0.4, 0.5) is 5.69 Å². The highest BCUT2D eigenvalue weighted by molar-refractivity contribution is 6.33. The van der Waals surface area contributed by atoms with Crippen LogP contribution in [0, 0.1) is 0 Å². The lowest BCUT2D eigenvalue weighted by Crippen LogP contribution is -2.41. The third-order valence-corrected chi connectivity index (χ3v) is 5.46. The molecule has 1 aliphatic heterocycles. The van der Waals surface area contributed by atoms with Crippen molar-refractivity contribution in [3.8, 4) is 5.75 Å². The van der Waals surface area contributed by atoms with Crippen molar-refractivity contribution in [1.82, 2.24) is 9.80 Å². The summed E-state index contributed by atoms with van der Waals surface area (Å²) < 4.78 is 5.32. The van der Waals surface area contributed by atoms with E-state index in [1.54, 1.807) is 38.4 Å². The van der Waals surface area contributed by atoms with E-state index in [9.17, 15) is 9.59 Å². The average molecular weight is 416 g/mol. The number of nitrogens with one attached hydrogen (secondary N) is 1. The molecular formula is C22H26ClN3O3. The van der Waals surface area contributed by atoms with Gasteiger partial charge in [-0.1, -0.05) is 35.9 Å². The smallest absolute Gasteiger partial charge is 0.244 e. The van der Waals surface area contributed by atoms with Gasteiger partial charge in [0.05, 0.1) is 30.9 Å². The Balaban J connectivity index is 1.57. The standard InChI is InChI=1S/C22H26ClN3O3/c1-25(14-21(27)24-19-10-4-3-9-18(19)23)22(28)15-26-12-6-11-20(26)16-7-5-8-17(13-16)29-2/h3-5,7-10,13,20H,6,11-12,14-15H2,1-2H3,(H,24,27). The van der Waals surface area contributed by atoms with Gasteiger partial charge in [0.2, 0.25) is 11.8 Å². The number of hydrogen-bond donors (Lipinski definition) is 1. The van der Waals surface area contributed by atoms with E-state index in [1.807, 2.05) is 18.2 Å². The number of carbonyl (C=O) groups excluding carboxylic acids is 2. The molecule has 1 aliphatic rings. The number of benzene rings is 2. The highest BCUT2D eigenvalue weighted by Crippen LogP contribution is 2.33. The predicted molar refractivity (Wildman–Crippen MR) is 114 cm³/mol. The van der Waals surface area contributed by atoms with Crippen molar-refractivity contribution in [1.29, 1.82) is 0 Å². The number of hydrogen-bond acceptors (Lipinski definition) is 4. The second-order valence-electron chi connectivity index (χ2n) is 7.18. The molecule has 29 heavy (non-hydrogen) atoms. The Morgan fingerprint density at radius 1 is 1.24 bits per heavy atom. The van der Waals surface area contributed by atoms with Crippen LogP contribution in [0.15, 0.2) is 48.5 Å². The van der Waals surface area contributed by atoms with Crippen molar-refractivity contribution < 1.29 is 14.3 Å². The number of amides is 2. The lowest BCUT2D eigenvalue weighted by atomic mass is 10.0. The number of likely N-dealkylation sites (tertiary alicyclic amines) is 1. The maximum atomic E-state index is 12.7. The van der Waals surface area contributed by atoms with E-state index in [1.165, 1.54) is 4.90 Å². The normalized spacial score (nSPS) is 16.4. The van der Waals surface area contributed by atoms with E-state index in [4.69, 9.17) is 16.3 Å². The number of para-hydroxylation sites is 1. The van der Waals surface area contributed by atoms with Crippen LogP contribution in [-0.2, 0) is 9.59 Å². The summed E-state index contributed by atoms with van der Waals surface area (Å²) in [7, 11) is 3.29. The Bertz CT molecular complexity index is 874. The first-order valence-corrected chi connectivity index (χ1v) is 10.0. The second-order valence-corrected chi connectivity index (χ2v) is 7.59. The van der Waals surface area contributed by atoms with Crippen molar-refractivity contribution >= 4 is 29.1 Å². The van der Waals surface area contributed by atoms with E-state index < -0.39 is 0 Å². The molecule has 3 rings (SSSR count). The number of halogens is 1. The summed E-state index contributed by atoms with van der Waals surface area (Å²) in [6.45, 7) is 1.10. The minimum Gasteiger partial charge on any atom is -0.497 e. The Labute approximate surface area is 176 Å². The Morgan fingerprint density at radius 2 is 2.03 bits per heavy atom. The van der Waals surface area contributed by atoms with Crippen molar-refractivity contribution in [2.24, 2.45) is 0 Å². The quantitative estimate of drug-likeness (QED) is 0.750. The molecule has 1 unspecified atom stereocenters. The number of likely N-dealkylation sites (N-methyl/N-ethyl adjacent to an activating group) is 1. The lowest BCUT2D eigenvalue weighted by Gasteiger charge is -2.27. The molecule has 1 N–H and O–H groups in total. The molecule has 2 aromatic rings. The monoisotopic (exact) mass is 415 g/mol. The molecule has 0 bridgehead atoms. The van der Waals surface area contributed by atoms with Crippen molar-refractivity contribution in [3.63, 3.8) is 0 Å². The van der Waals surface area contributed by atoms with Gasteiger partial charge in [-0.15, -0.1) is 0 Å². The number of rotatable bonds is 7. The zero-order chi connectivity index (χ0) is 20.8. The fourth-order valence-corrected chi connectivity index (χ4v) is 3.77. The minimum atomic E-state index is -0.278. The number of carbonyl (C=O) groups is 2. The molecule has 154 valence electrons. The van der Waals surface area contributed by atoms with Gasteiger partial charge in [-0.2, -0.15) is 0 Å². The summed E-state index contributed by atoms with van der Waals surface area (Å²) in [6, 6.07) is 15.2. The molecule has 2 aromatic carbocycles. The topological polar surface area (TPSA) is 61.9 Å². The molecule has 0 spiro atoms. The maximum Gasteiger partial charge on any atom is 0.244 e. The van der Waals surface area contributed by atoms with Gasteiger partial charge in [-0.3, -0.25) is 14.5 Å². The van der Waals surface area contributed by atoms with Crippen LogP contribution in [0.25, 0.3) is 0 Å². The van der Waals surface area contributed by atoms with Crippen LogP contribution in [0.3, 0.4) is 0 Å². The molecule has 1 fully saturated rings. The molecule has 0 aromatic heterocycles. The Kier molecular flexibility index (Phi) is 7.12. The summed E-state index contributed by atoms with van der Waals surface area (Å²) in [5.74, 6) is 0.447. The summed E-state index contributed by atoms with van der Waals surface area (Å²) in [4.78, 5) is 28.6. The van der Waals surface area contributed by atoms with E-state index in [0.717, 1.165) is 30.7 Å². The third-order valence-electron chi connectivity index (χ3n) is 5.14. The molecular weight excluding hydrogens is 390 g/mol. The van der Waals surface area contributed by atoms with Gasteiger partial charge < -0.3 is 15.0 Å². The largest absolute Gasteiger partial charge is 0.497 e. The maximum absolute atomic E-state index is 12.7. The van der Waals surface area contributed by atoms with Gasteiger partial charge in [0.15, 0.2) is 0 Å². The fraction of sp³-hybridized carbons (Fsp3) is 0.364. The van der Waals surface area contributed by atoms with Crippen LogP contribution < -0.4 is 10.1 Å². The first-order chi connectivity index (χ1) is 14.0. The van der Waals surface area contributed by atoms with Crippen molar-refractivity contribution in [2.75, 3.05) is 39.1 Å². The first kappa shape index (κ1) is 21.1. The molecule has 1 heterocycles. The summed E-state index contributed by atoms with van der Waals surface area (Å²) >= 11 is 6.07. The molecule has 0 aliphatic carbocycles. The number of methoxy groups -OCH3 is 1. The van der Waals surface area contributed by atoms with Gasteiger partial charge in [0.1, 0.15) is 5.75 Å². The van der Waals surface area contributed by atoms with E-state index >= 15 is 0 Å². The van der Waals surface area contributed by atoms with Gasteiger partial charge >= 0.3 is 0 Å². The minimum absolute atomic E-state index is 0.0261. The summed E-state index contributed by atoms with van der Waals surface area (Å²) in [5.41, 5.74) is 1.69. The van der Waals surface area contributed by atoms with Gasteiger partial charge in [0, 0.05) is 13.1 Å². The van der Waals surface area contributed by atoms with Crippen LogP contribution in [-0.4, -0.2) is 55.4 Å². The zero-order valence-electron chi connectivity index (χ0n) is 16.7. The first-order valence-electron chi connectivity index (χ1n) is 9.64. The zero-order valence-corrected chi connectivity index (χ0v) is 17.5. The van der Waals surface area contributed by atoms with Crippen LogP contribution in [0.5, 0.6) is 5.75 Å². The molecule has 0 radical (unpaired) electrons. The average Bonchev–Trinajstić information content (AvgIpc) is 3.17.